The number of guanidine groups is 1. The van der Waals surface area contributed by atoms with Crippen molar-refractivity contribution >= 4 is 47.0 Å². The molecule has 0 amide bonds. The number of nitrogens with zero attached hydrogens (tertiary/aromatic N) is 2. The van der Waals surface area contributed by atoms with Gasteiger partial charge in [-0.2, -0.15) is 0 Å². The zero-order valence-electron chi connectivity index (χ0n) is 18.0. The summed E-state index contributed by atoms with van der Waals surface area (Å²) in [7, 11) is 3.45. The molecule has 1 saturated heterocycles. The van der Waals surface area contributed by atoms with Crippen LogP contribution in [-0.2, 0) is 6.54 Å². The molecule has 1 aromatic heterocycles. The van der Waals surface area contributed by atoms with Gasteiger partial charge in [-0.15, -0.1) is 35.3 Å². The Bertz CT molecular complexity index is 777. The molecule has 0 atom stereocenters. The minimum atomic E-state index is 0. The summed E-state index contributed by atoms with van der Waals surface area (Å²) in [4.78, 5) is 8.37. The standard InChI is InChI=1S/C22H32N4O2S.HI/c1-4-28-20-8-7-18(14-21(20)27-3)25-22(23-2)24-15-17-9-11-26(12-10-17)16-19-6-5-13-29-19;/h5-8,13-14,17H,4,9-12,15-16H2,1-3H3,(H2,23,24,25);1H. The second kappa shape index (κ2) is 13.0. The quantitative estimate of drug-likeness (QED) is 0.288. The minimum absolute atomic E-state index is 0. The van der Waals surface area contributed by atoms with Gasteiger partial charge in [0.2, 0.25) is 0 Å². The van der Waals surface area contributed by atoms with Gasteiger partial charge in [0, 0.05) is 36.8 Å². The predicted octanol–water partition coefficient (Wildman–Crippen LogP) is 4.67. The maximum Gasteiger partial charge on any atom is 0.195 e. The summed E-state index contributed by atoms with van der Waals surface area (Å²) in [5.74, 6) is 2.91. The molecule has 0 bridgehead atoms. The molecule has 0 radical (unpaired) electrons. The Morgan fingerprint density at radius 2 is 2.03 bits per heavy atom. The summed E-state index contributed by atoms with van der Waals surface area (Å²) < 4.78 is 11.0. The Kier molecular flexibility index (Phi) is 10.7. The third-order valence-corrected chi connectivity index (χ3v) is 6.04. The summed E-state index contributed by atoms with van der Waals surface area (Å²) in [6.45, 7) is 6.91. The van der Waals surface area contributed by atoms with Crippen LogP contribution in [0, 0.1) is 5.92 Å². The van der Waals surface area contributed by atoms with E-state index in [9.17, 15) is 0 Å². The number of aliphatic imine (C=N–C) groups is 1. The van der Waals surface area contributed by atoms with Crippen molar-refractivity contribution < 1.29 is 9.47 Å². The van der Waals surface area contributed by atoms with Gasteiger partial charge in [0.25, 0.3) is 0 Å². The molecule has 30 heavy (non-hydrogen) atoms. The SMILES string of the molecule is CCOc1ccc(NC(=NC)NCC2CCN(Cc3cccs3)CC2)cc1OC.I. The molecule has 2 heterocycles. The lowest BCUT2D eigenvalue weighted by molar-refractivity contribution is 0.179. The van der Waals surface area contributed by atoms with Crippen LogP contribution in [0.15, 0.2) is 40.7 Å². The Balaban J connectivity index is 0.00000320. The number of benzene rings is 1. The zero-order chi connectivity index (χ0) is 20.5. The molecule has 2 N–H and O–H groups in total. The first kappa shape index (κ1) is 24.7. The van der Waals surface area contributed by atoms with E-state index >= 15 is 0 Å². The van der Waals surface area contributed by atoms with E-state index in [-0.39, 0.29) is 24.0 Å². The molecule has 6 nitrogen and oxygen atoms in total. The summed E-state index contributed by atoms with van der Waals surface area (Å²) in [6, 6.07) is 10.2. The molecule has 1 aliphatic heterocycles. The summed E-state index contributed by atoms with van der Waals surface area (Å²) in [5, 5.41) is 8.98. The maximum absolute atomic E-state index is 5.58. The van der Waals surface area contributed by atoms with Crippen molar-refractivity contribution in [2.45, 2.75) is 26.3 Å². The number of methoxy groups -OCH3 is 1. The lowest BCUT2D eigenvalue weighted by atomic mass is 9.97. The lowest BCUT2D eigenvalue weighted by Gasteiger charge is -2.32. The van der Waals surface area contributed by atoms with E-state index in [2.05, 4.69) is 38.0 Å². The normalized spacial score (nSPS) is 15.4. The van der Waals surface area contributed by atoms with Gasteiger partial charge in [0.05, 0.1) is 13.7 Å². The zero-order valence-corrected chi connectivity index (χ0v) is 21.2. The van der Waals surface area contributed by atoms with Crippen LogP contribution in [0.5, 0.6) is 11.5 Å². The van der Waals surface area contributed by atoms with E-state index in [1.165, 1.54) is 17.7 Å². The molecule has 0 aliphatic carbocycles. The van der Waals surface area contributed by atoms with Crippen molar-refractivity contribution in [2.75, 3.05) is 45.7 Å². The van der Waals surface area contributed by atoms with E-state index < -0.39 is 0 Å². The van der Waals surface area contributed by atoms with Gasteiger partial charge in [-0.1, -0.05) is 6.07 Å². The molecule has 1 aromatic carbocycles. The predicted molar refractivity (Wildman–Crippen MR) is 137 cm³/mol. The average Bonchev–Trinajstić information content (AvgIpc) is 3.26. The Hall–Kier alpha value is -1.52. The van der Waals surface area contributed by atoms with Crippen molar-refractivity contribution in [1.29, 1.82) is 0 Å². The highest BCUT2D eigenvalue weighted by molar-refractivity contribution is 14.0. The van der Waals surface area contributed by atoms with Gasteiger partial charge in [-0.25, -0.2) is 0 Å². The van der Waals surface area contributed by atoms with Crippen molar-refractivity contribution in [2.24, 2.45) is 10.9 Å². The van der Waals surface area contributed by atoms with E-state index in [0.29, 0.717) is 18.3 Å². The Morgan fingerprint density at radius 1 is 1.23 bits per heavy atom. The number of hydrogen-bond donors (Lipinski definition) is 2. The number of rotatable bonds is 8. The molecule has 3 rings (SSSR count). The van der Waals surface area contributed by atoms with E-state index in [0.717, 1.165) is 43.6 Å². The number of piperidine rings is 1. The van der Waals surface area contributed by atoms with Crippen LogP contribution in [0.2, 0.25) is 0 Å². The second-order valence-corrected chi connectivity index (χ2v) is 8.21. The molecule has 2 aromatic rings. The second-order valence-electron chi connectivity index (χ2n) is 7.18. The van der Waals surface area contributed by atoms with Crippen LogP contribution in [0.4, 0.5) is 5.69 Å². The first-order valence-corrected chi connectivity index (χ1v) is 11.1. The molecule has 0 saturated carbocycles. The molecular weight excluding hydrogens is 511 g/mol. The fourth-order valence-corrected chi connectivity index (χ4v) is 4.29. The molecule has 0 unspecified atom stereocenters. The topological polar surface area (TPSA) is 58.1 Å². The fourth-order valence-electron chi connectivity index (χ4n) is 3.55. The first-order valence-electron chi connectivity index (χ1n) is 10.2. The summed E-state index contributed by atoms with van der Waals surface area (Å²) in [6.07, 6.45) is 2.43. The minimum Gasteiger partial charge on any atom is -0.493 e. The highest BCUT2D eigenvalue weighted by atomic mass is 127. The van der Waals surface area contributed by atoms with Crippen LogP contribution in [0.3, 0.4) is 0 Å². The summed E-state index contributed by atoms with van der Waals surface area (Å²) in [5.41, 5.74) is 0.921. The monoisotopic (exact) mass is 544 g/mol. The van der Waals surface area contributed by atoms with Crippen molar-refractivity contribution in [3.63, 3.8) is 0 Å². The molecule has 0 spiro atoms. The van der Waals surface area contributed by atoms with Crippen molar-refractivity contribution in [3.8, 4) is 11.5 Å². The largest absolute Gasteiger partial charge is 0.493 e. The molecule has 166 valence electrons. The number of hydrogen-bond acceptors (Lipinski definition) is 5. The molecule has 8 heteroatoms. The van der Waals surface area contributed by atoms with Gasteiger partial charge in [0.1, 0.15) is 0 Å². The lowest BCUT2D eigenvalue weighted by Crippen LogP contribution is -2.40. The van der Waals surface area contributed by atoms with E-state index in [4.69, 9.17) is 9.47 Å². The molecule has 1 fully saturated rings. The van der Waals surface area contributed by atoms with E-state index in [1.54, 1.807) is 14.2 Å². The third kappa shape index (κ3) is 7.31. The number of likely N-dealkylation sites (tertiary alicyclic amines) is 1. The van der Waals surface area contributed by atoms with E-state index in [1.807, 2.05) is 36.5 Å². The smallest absolute Gasteiger partial charge is 0.195 e. The maximum atomic E-state index is 5.58. The van der Waals surface area contributed by atoms with Gasteiger partial charge in [-0.3, -0.25) is 9.89 Å². The fraction of sp³-hybridized carbons (Fsp3) is 0.500. The van der Waals surface area contributed by atoms with Crippen LogP contribution < -0.4 is 20.1 Å². The van der Waals surface area contributed by atoms with Gasteiger partial charge >= 0.3 is 0 Å². The molecule has 1 aliphatic rings. The molecular formula is C22H33IN4O2S. The van der Waals surface area contributed by atoms with Crippen LogP contribution in [0.1, 0.15) is 24.6 Å². The van der Waals surface area contributed by atoms with Crippen LogP contribution in [-0.4, -0.2) is 51.3 Å². The summed E-state index contributed by atoms with van der Waals surface area (Å²) >= 11 is 1.85. The number of ether oxygens (including phenoxy) is 2. The van der Waals surface area contributed by atoms with Crippen LogP contribution >= 0.6 is 35.3 Å². The van der Waals surface area contributed by atoms with Gasteiger partial charge in [-0.05, 0) is 62.4 Å². The van der Waals surface area contributed by atoms with Gasteiger partial charge in [0.15, 0.2) is 17.5 Å². The first-order chi connectivity index (χ1) is 14.2. The van der Waals surface area contributed by atoms with Crippen LogP contribution in [0.25, 0.3) is 0 Å². The Labute approximate surface area is 201 Å². The number of nitrogens with one attached hydrogen (secondary N) is 2. The number of thiophene rings is 1. The van der Waals surface area contributed by atoms with Crippen molar-refractivity contribution in [3.05, 3.63) is 40.6 Å². The Morgan fingerprint density at radius 3 is 2.67 bits per heavy atom. The number of anilines is 1. The average molecular weight is 545 g/mol. The number of halogens is 1. The highest BCUT2D eigenvalue weighted by Crippen LogP contribution is 2.30. The van der Waals surface area contributed by atoms with Crippen molar-refractivity contribution in [1.82, 2.24) is 10.2 Å². The van der Waals surface area contributed by atoms with Gasteiger partial charge < -0.3 is 20.1 Å². The highest BCUT2D eigenvalue weighted by Gasteiger charge is 2.19. The third-order valence-electron chi connectivity index (χ3n) is 5.17.